The summed E-state index contributed by atoms with van der Waals surface area (Å²) < 4.78 is 24.0. The lowest BCUT2D eigenvalue weighted by Crippen LogP contribution is -2.34. The molecule has 4 nitrogen and oxygen atoms in total. The lowest BCUT2D eigenvalue weighted by molar-refractivity contribution is -0.132. The molecule has 116 valence electrons. The molecule has 0 heterocycles. The summed E-state index contributed by atoms with van der Waals surface area (Å²) >= 11 is 0. The number of likely N-dealkylation sites (N-methyl/N-ethyl adjacent to an activating group) is 1. The molecule has 0 saturated carbocycles. The van der Waals surface area contributed by atoms with Gasteiger partial charge in [0.25, 0.3) is 5.91 Å². The second-order valence-electron chi connectivity index (χ2n) is 4.70. The Bertz CT molecular complexity index is 604. The largest absolute Gasteiger partial charge is 0.489 e. The van der Waals surface area contributed by atoms with Crippen LogP contribution in [0.25, 0.3) is 0 Å². The average molecular weight is 303 g/mol. The van der Waals surface area contributed by atoms with Gasteiger partial charge in [0.2, 0.25) is 0 Å². The molecule has 2 aromatic carbocycles. The molecule has 1 amide bonds. The topological polar surface area (TPSA) is 38.8 Å². The van der Waals surface area contributed by atoms with Gasteiger partial charge < -0.3 is 14.4 Å². The highest BCUT2D eigenvalue weighted by Crippen LogP contribution is 2.15. The van der Waals surface area contributed by atoms with Crippen LogP contribution in [0.1, 0.15) is 0 Å². The van der Waals surface area contributed by atoms with E-state index in [9.17, 15) is 9.18 Å². The van der Waals surface area contributed by atoms with E-state index in [2.05, 4.69) is 0 Å². The van der Waals surface area contributed by atoms with Crippen LogP contribution in [-0.4, -0.2) is 37.6 Å². The van der Waals surface area contributed by atoms with E-state index < -0.39 is 5.82 Å². The first kappa shape index (κ1) is 15.8. The summed E-state index contributed by atoms with van der Waals surface area (Å²) in [6.07, 6.45) is 0. The maximum absolute atomic E-state index is 13.4. The summed E-state index contributed by atoms with van der Waals surface area (Å²) in [4.78, 5) is 13.4. The second kappa shape index (κ2) is 8.02. The Hall–Kier alpha value is -2.56. The molecule has 2 rings (SSSR count). The van der Waals surface area contributed by atoms with Gasteiger partial charge in [-0.05, 0) is 24.3 Å². The summed E-state index contributed by atoms with van der Waals surface area (Å²) in [5, 5.41) is 0. The van der Waals surface area contributed by atoms with Crippen LogP contribution in [-0.2, 0) is 4.79 Å². The van der Waals surface area contributed by atoms with Gasteiger partial charge in [0.1, 0.15) is 12.4 Å². The third-order valence-electron chi connectivity index (χ3n) is 3.05. The Morgan fingerprint density at radius 2 is 1.73 bits per heavy atom. The van der Waals surface area contributed by atoms with Crippen LogP contribution in [0.3, 0.4) is 0 Å². The van der Waals surface area contributed by atoms with Gasteiger partial charge in [-0.3, -0.25) is 4.79 Å². The van der Waals surface area contributed by atoms with Gasteiger partial charge in [-0.15, -0.1) is 0 Å². The zero-order valence-corrected chi connectivity index (χ0v) is 12.4. The van der Waals surface area contributed by atoms with E-state index in [4.69, 9.17) is 9.47 Å². The molecular formula is C17H18FNO3. The molecule has 2 aromatic rings. The molecular weight excluding hydrogens is 285 g/mol. The van der Waals surface area contributed by atoms with Crippen molar-refractivity contribution in [2.24, 2.45) is 0 Å². The van der Waals surface area contributed by atoms with Crippen molar-refractivity contribution < 1.29 is 18.7 Å². The van der Waals surface area contributed by atoms with Crippen molar-refractivity contribution >= 4 is 5.91 Å². The molecule has 0 aliphatic carbocycles. The number of benzene rings is 2. The minimum atomic E-state index is -0.413. The summed E-state index contributed by atoms with van der Waals surface area (Å²) in [7, 11) is 1.65. The first-order chi connectivity index (χ1) is 10.7. The van der Waals surface area contributed by atoms with E-state index in [0.29, 0.717) is 12.3 Å². The Labute approximate surface area is 129 Å². The van der Waals surface area contributed by atoms with Gasteiger partial charge in [-0.1, -0.05) is 30.3 Å². The highest BCUT2D eigenvalue weighted by molar-refractivity contribution is 5.77. The van der Waals surface area contributed by atoms with Crippen molar-refractivity contribution in [2.75, 3.05) is 26.8 Å². The van der Waals surface area contributed by atoms with Crippen LogP contribution in [0.2, 0.25) is 0 Å². The zero-order chi connectivity index (χ0) is 15.8. The van der Waals surface area contributed by atoms with E-state index in [1.54, 1.807) is 37.4 Å². The predicted octanol–water partition coefficient (Wildman–Crippen LogP) is 2.74. The van der Waals surface area contributed by atoms with Gasteiger partial charge in [0.15, 0.2) is 18.2 Å². The van der Waals surface area contributed by atoms with Crippen molar-refractivity contribution in [2.45, 2.75) is 0 Å². The number of rotatable bonds is 7. The van der Waals surface area contributed by atoms with Crippen molar-refractivity contribution in [3.05, 3.63) is 60.4 Å². The number of ether oxygens (including phenoxy) is 2. The number of carbonyl (C=O) groups is 1. The van der Waals surface area contributed by atoms with Gasteiger partial charge in [-0.25, -0.2) is 4.39 Å². The molecule has 0 saturated heterocycles. The molecule has 0 spiro atoms. The van der Waals surface area contributed by atoms with Crippen LogP contribution in [0, 0.1) is 5.82 Å². The van der Waals surface area contributed by atoms with E-state index in [0.717, 1.165) is 0 Å². The van der Waals surface area contributed by atoms with E-state index in [-0.39, 0.29) is 24.9 Å². The molecule has 5 heteroatoms. The Balaban J connectivity index is 1.71. The summed E-state index contributed by atoms with van der Waals surface area (Å²) in [5.74, 6) is 0.251. The molecule has 0 aliphatic heterocycles. The summed E-state index contributed by atoms with van der Waals surface area (Å²) in [6, 6.07) is 15.3. The highest BCUT2D eigenvalue weighted by atomic mass is 19.1. The minimum Gasteiger partial charge on any atom is -0.489 e. The van der Waals surface area contributed by atoms with Gasteiger partial charge in [0.05, 0.1) is 6.54 Å². The quantitative estimate of drug-likeness (QED) is 0.789. The lowest BCUT2D eigenvalue weighted by Gasteiger charge is -2.18. The third-order valence-corrected chi connectivity index (χ3v) is 3.05. The van der Waals surface area contributed by atoms with Crippen LogP contribution >= 0.6 is 0 Å². The minimum absolute atomic E-state index is 0.0415. The number of carbonyl (C=O) groups excluding carboxylic acids is 1. The van der Waals surface area contributed by atoms with Gasteiger partial charge >= 0.3 is 0 Å². The predicted molar refractivity (Wildman–Crippen MR) is 81.5 cm³/mol. The van der Waals surface area contributed by atoms with Crippen molar-refractivity contribution in [1.29, 1.82) is 0 Å². The average Bonchev–Trinajstić information content (AvgIpc) is 2.55. The Morgan fingerprint density at radius 3 is 2.45 bits per heavy atom. The maximum Gasteiger partial charge on any atom is 0.260 e. The van der Waals surface area contributed by atoms with Crippen molar-refractivity contribution in [3.8, 4) is 11.5 Å². The number of hydrogen-bond acceptors (Lipinski definition) is 3. The highest BCUT2D eigenvalue weighted by Gasteiger charge is 2.10. The normalized spacial score (nSPS) is 10.1. The number of halogens is 1. The fourth-order valence-electron chi connectivity index (χ4n) is 1.75. The number of para-hydroxylation sites is 2. The SMILES string of the molecule is CN(CCOc1ccccc1F)C(=O)COc1ccccc1. The molecule has 0 aromatic heterocycles. The van der Waals surface area contributed by atoms with Crippen LogP contribution in [0.5, 0.6) is 11.5 Å². The molecule has 0 N–H and O–H groups in total. The third kappa shape index (κ3) is 4.77. The standard InChI is InChI=1S/C17H18FNO3/c1-19(11-12-21-16-10-6-5-9-15(16)18)17(20)13-22-14-7-3-2-4-8-14/h2-10H,11-13H2,1H3. The zero-order valence-electron chi connectivity index (χ0n) is 12.4. The summed E-state index contributed by atoms with van der Waals surface area (Å²) in [6.45, 7) is 0.528. The van der Waals surface area contributed by atoms with E-state index >= 15 is 0 Å². The monoisotopic (exact) mass is 303 g/mol. The Kier molecular flexibility index (Phi) is 5.77. The molecule has 0 unspecified atom stereocenters. The van der Waals surface area contributed by atoms with E-state index in [1.165, 1.54) is 11.0 Å². The van der Waals surface area contributed by atoms with Crippen molar-refractivity contribution in [1.82, 2.24) is 4.90 Å². The smallest absolute Gasteiger partial charge is 0.260 e. The van der Waals surface area contributed by atoms with Gasteiger partial charge in [0, 0.05) is 7.05 Å². The first-order valence-corrected chi connectivity index (χ1v) is 6.96. The fourth-order valence-corrected chi connectivity index (χ4v) is 1.75. The number of nitrogens with zero attached hydrogens (tertiary/aromatic N) is 1. The molecule has 0 bridgehead atoms. The van der Waals surface area contributed by atoms with Crippen molar-refractivity contribution in [3.63, 3.8) is 0 Å². The summed E-state index contributed by atoms with van der Waals surface area (Å²) in [5.41, 5.74) is 0. The second-order valence-corrected chi connectivity index (χ2v) is 4.70. The molecule has 0 fully saturated rings. The van der Waals surface area contributed by atoms with Crippen LogP contribution < -0.4 is 9.47 Å². The van der Waals surface area contributed by atoms with Crippen LogP contribution in [0.15, 0.2) is 54.6 Å². The molecule has 0 aliphatic rings. The number of amides is 1. The Morgan fingerprint density at radius 1 is 1.05 bits per heavy atom. The molecule has 0 radical (unpaired) electrons. The van der Waals surface area contributed by atoms with E-state index in [1.807, 2.05) is 18.2 Å². The van der Waals surface area contributed by atoms with Gasteiger partial charge in [-0.2, -0.15) is 0 Å². The maximum atomic E-state index is 13.4. The number of hydrogen-bond donors (Lipinski definition) is 0. The lowest BCUT2D eigenvalue weighted by atomic mass is 10.3. The van der Waals surface area contributed by atoms with Crippen LogP contribution in [0.4, 0.5) is 4.39 Å². The molecule has 0 atom stereocenters. The molecule has 22 heavy (non-hydrogen) atoms. The fraction of sp³-hybridized carbons (Fsp3) is 0.235. The first-order valence-electron chi connectivity index (χ1n) is 6.96.